The predicted molar refractivity (Wildman–Crippen MR) is 126 cm³/mol. The lowest BCUT2D eigenvalue weighted by molar-refractivity contribution is 0.0986. The summed E-state index contributed by atoms with van der Waals surface area (Å²) >= 11 is 1.54. The van der Waals surface area contributed by atoms with Gasteiger partial charge in [-0.15, -0.1) is 12.4 Å². The fourth-order valence-electron chi connectivity index (χ4n) is 3.44. The molecule has 1 amide bonds. The molecule has 4 aromatic rings. The van der Waals surface area contributed by atoms with Crippen LogP contribution in [0.5, 0.6) is 0 Å². The maximum Gasteiger partial charge on any atom is 0.260 e. The maximum absolute atomic E-state index is 13.4. The molecule has 2 aromatic carbocycles. The second-order valence-electron chi connectivity index (χ2n) is 7.23. The first-order chi connectivity index (χ1) is 14.5. The Morgan fingerprint density at radius 3 is 2.68 bits per heavy atom. The Kier molecular flexibility index (Phi) is 7.06. The van der Waals surface area contributed by atoms with E-state index in [0.29, 0.717) is 22.8 Å². The fraction of sp³-hybridized carbons (Fsp3) is 0.217. The molecule has 0 saturated heterocycles. The van der Waals surface area contributed by atoms with Crippen LogP contribution in [0.3, 0.4) is 0 Å². The summed E-state index contributed by atoms with van der Waals surface area (Å²) in [7, 11) is 0. The minimum atomic E-state index is -0.112. The topological polar surface area (TPSA) is 74.8 Å². The first-order valence-electron chi connectivity index (χ1n) is 9.71. The third-order valence-corrected chi connectivity index (χ3v) is 6.13. The molecule has 0 spiro atoms. The van der Waals surface area contributed by atoms with Crippen LogP contribution in [0.4, 0.5) is 5.13 Å². The van der Waals surface area contributed by atoms with Gasteiger partial charge in [-0.25, -0.2) is 9.97 Å². The summed E-state index contributed by atoms with van der Waals surface area (Å²) < 4.78 is 3.10. The van der Waals surface area contributed by atoms with Crippen molar-refractivity contribution in [1.82, 2.24) is 14.5 Å². The molecule has 0 saturated carbocycles. The van der Waals surface area contributed by atoms with Crippen molar-refractivity contribution in [3.8, 4) is 6.07 Å². The monoisotopic (exact) mass is 451 g/mol. The number of halogens is 1. The summed E-state index contributed by atoms with van der Waals surface area (Å²) in [5.74, 6) is -0.112. The van der Waals surface area contributed by atoms with Gasteiger partial charge in [0.05, 0.1) is 28.2 Å². The SMILES string of the molecule is Cc1cc(C)c2sc(N(CCCn3ccnc3)C(=O)c3ccc(C#N)cc3)nc2c1.Cl. The summed E-state index contributed by atoms with van der Waals surface area (Å²) in [5, 5.41) is 9.72. The third kappa shape index (κ3) is 4.93. The van der Waals surface area contributed by atoms with Crippen molar-refractivity contribution in [2.45, 2.75) is 26.8 Å². The van der Waals surface area contributed by atoms with Crippen molar-refractivity contribution in [1.29, 1.82) is 5.26 Å². The third-order valence-electron chi connectivity index (χ3n) is 4.90. The summed E-state index contributed by atoms with van der Waals surface area (Å²) in [4.78, 5) is 24.0. The van der Waals surface area contributed by atoms with Crippen molar-refractivity contribution in [2.75, 3.05) is 11.4 Å². The van der Waals surface area contributed by atoms with Gasteiger partial charge < -0.3 is 4.57 Å². The summed E-state index contributed by atoms with van der Waals surface area (Å²) in [5.41, 5.74) is 4.31. The molecule has 0 aliphatic heterocycles. The van der Waals surface area contributed by atoms with Gasteiger partial charge in [-0.3, -0.25) is 9.69 Å². The number of carbonyl (C=O) groups is 1. The molecule has 158 valence electrons. The van der Waals surface area contributed by atoms with Crippen LogP contribution in [-0.4, -0.2) is 27.0 Å². The molecule has 0 fully saturated rings. The molecule has 0 N–H and O–H groups in total. The van der Waals surface area contributed by atoms with E-state index in [-0.39, 0.29) is 18.3 Å². The average molecular weight is 452 g/mol. The number of nitrogens with zero attached hydrogens (tertiary/aromatic N) is 5. The minimum Gasteiger partial charge on any atom is -0.337 e. The highest BCUT2D eigenvalue weighted by molar-refractivity contribution is 7.22. The number of aromatic nitrogens is 3. The van der Waals surface area contributed by atoms with Gasteiger partial charge in [0.1, 0.15) is 0 Å². The first kappa shape index (κ1) is 22.5. The van der Waals surface area contributed by atoms with Crippen LogP contribution in [0, 0.1) is 25.2 Å². The quantitative estimate of drug-likeness (QED) is 0.406. The normalized spacial score (nSPS) is 10.5. The van der Waals surface area contributed by atoms with Crippen molar-refractivity contribution >= 4 is 45.0 Å². The Hall–Kier alpha value is -3.21. The second kappa shape index (κ2) is 9.73. The molecule has 0 aliphatic rings. The number of anilines is 1. The first-order valence-corrected chi connectivity index (χ1v) is 10.5. The van der Waals surface area contributed by atoms with Gasteiger partial charge in [0, 0.05) is 31.0 Å². The Labute approximate surface area is 191 Å². The number of carbonyl (C=O) groups excluding carboxylic acids is 1. The number of amides is 1. The lowest BCUT2D eigenvalue weighted by atomic mass is 10.1. The number of hydrogen-bond donors (Lipinski definition) is 0. The van der Waals surface area contributed by atoms with Crippen LogP contribution >= 0.6 is 23.7 Å². The maximum atomic E-state index is 13.4. The van der Waals surface area contributed by atoms with E-state index in [2.05, 4.69) is 37.0 Å². The van der Waals surface area contributed by atoms with E-state index in [1.807, 2.05) is 10.8 Å². The van der Waals surface area contributed by atoms with Crippen molar-refractivity contribution in [3.05, 3.63) is 77.4 Å². The molecule has 0 aliphatic carbocycles. The lowest BCUT2D eigenvalue weighted by Gasteiger charge is -2.20. The Morgan fingerprint density at radius 1 is 1.23 bits per heavy atom. The number of hydrogen-bond acceptors (Lipinski definition) is 5. The number of fused-ring (bicyclic) bond motifs is 1. The number of benzene rings is 2. The summed E-state index contributed by atoms with van der Waals surface area (Å²) in [6.07, 6.45) is 6.21. The molecule has 4 rings (SSSR count). The Balaban J connectivity index is 0.00000272. The zero-order valence-corrected chi connectivity index (χ0v) is 18.9. The zero-order chi connectivity index (χ0) is 21.1. The standard InChI is InChI=1S/C23H21N5OS.ClH/c1-16-12-17(2)21-20(13-16)26-23(30-21)28(10-3-9-27-11-8-25-15-27)22(29)19-6-4-18(14-24)5-7-19;/h4-8,11-13,15H,3,9-10H2,1-2H3;1H. The Bertz CT molecular complexity index is 1230. The van der Waals surface area contributed by atoms with Crippen LogP contribution in [0.1, 0.15) is 33.5 Å². The van der Waals surface area contributed by atoms with E-state index < -0.39 is 0 Å². The van der Waals surface area contributed by atoms with Crippen LogP contribution in [-0.2, 0) is 6.54 Å². The summed E-state index contributed by atoms with van der Waals surface area (Å²) in [6, 6.07) is 13.0. The van der Waals surface area contributed by atoms with Crippen molar-refractivity contribution in [3.63, 3.8) is 0 Å². The van der Waals surface area contributed by atoms with Gasteiger partial charge in [0.15, 0.2) is 5.13 Å². The van der Waals surface area contributed by atoms with Gasteiger partial charge in [0.25, 0.3) is 5.91 Å². The second-order valence-corrected chi connectivity index (χ2v) is 8.20. The average Bonchev–Trinajstić information content (AvgIpc) is 3.41. The summed E-state index contributed by atoms with van der Waals surface area (Å²) in [6.45, 7) is 5.43. The van der Waals surface area contributed by atoms with E-state index in [0.717, 1.165) is 34.3 Å². The molecule has 0 atom stereocenters. The number of imidazole rings is 1. The highest BCUT2D eigenvalue weighted by Crippen LogP contribution is 2.33. The minimum absolute atomic E-state index is 0. The largest absolute Gasteiger partial charge is 0.337 e. The molecule has 31 heavy (non-hydrogen) atoms. The molecule has 0 radical (unpaired) electrons. The number of thiazole rings is 1. The lowest BCUT2D eigenvalue weighted by Crippen LogP contribution is -2.32. The van der Waals surface area contributed by atoms with Crippen molar-refractivity contribution in [2.24, 2.45) is 0 Å². The van der Waals surface area contributed by atoms with Gasteiger partial charge >= 0.3 is 0 Å². The molecule has 8 heteroatoms. The van der Waals surface area contributed by atoms with E-state index >= 15 is 0 Å². The van der Waals surface area contributed by atoms with Gasteiger partial charge in [-0.2, -0.15) is 5.26 Å². The molecular weight excluding hydrogens is 430 g/mol. The molecule has 0 bridgehead atoms. The Morgan fingerprint density at radius 2 is 2.00 bits per heavy atom. The van der Waals surface area contributed by atoms with Crippen LogP contribution in [0.25, 0.3) is 10.2 Å². The predicted octanol–water partition coefficient (Wildman–Crippen LogP) is 5.14. The van der Waals surface area contributed by atoms with Crippen molar-refractivity contribution < 1.29 is 4.79 Å². The van der Waals surface area contributed by atoms with E-state index in [4.69, 9.17) is 10.2 Å². The molecule has 6 nitrogen and oxygen atoms in total. The highest BCUT2D eigenvalue weighted by Gasteiger charge is 2.21. The molecular formula is C23H22ClN5OS. The number of nitriles is 1. The fourth-order valence-corrected chi connectivity index (χ4v) is 4.48. The van der Waals surface area contributed by atoms with Crippen LogP contribution in [0.15, 0.2) is 55.1 Å². The highest BCUT2D eigenvalue weighted by atomic mass is 35.5. The molecule has 2 heterocycles. The van der Waals surface area contributed by atoms with E-state index in [1.54, 1.807) is 53.0 Å². The van der Waals surface area contributed by atoms with Gasteiger partial charge in [-0.05, 0) is 61.7 Å². The van der Waals surface area contributed by atoms with E-state index in [1.165, 1.54) is 0 Å². The van der Waals surface area contributed by atoms with Gasteiger partial charge in [-0.1, -0.05) is 17.4 Å². The number of aryl methyl sites for hydroxylation is 3. The molecule has 2 aromatic heterocycles. The van der Waals surface area contributed by atoms with Crippen LogP contribution in [0.2, 0.25) is 0 Å². The smallest absolute Gasteiger partial charge is 0.260 e. The number of rotatable bonds is 6. The zero-order valence-electron chi connectivity index (χ0n) is 17.3. The van der Waals surface area contributed by atoms with Crippen LogP contribution < -0.4 is 4.90 Å². The van der Waals surface area contributed by atoms with E-state index in [9.17, 15) is 4.79 Å². The molecule has 0 unspecified atom stereocenters. The van der Waals surface area contributed by atoms with Gasteiger partial charge in [0.2, 0.25) is 0 Å².